The van der Waals surface area contributed by atoms with Crippen LogP contribution in [-0.4, -0.2) is 17.2 Å². The molecule has 0 atom stereocenters. The second-order valence-corrected chi connectivity index (χ2v) is 3.53. The summed E-state index contributed by atoms with van der Waals surface area (Å²) >= 11 is 0. The van der Waals surface area contributed by atoms with Crippen molar-refractivity contribution in [2.45, 2.75) is 6.61 Å². The molecule has 4 heteroatoms. The second kappa shape index (κ2) is 4.93. The summed E-state index contributed by atoms with van der Waals surface area (Å²) in [6, 6.07) is 6.03. The molecule has 0 unspecified atom stereocenters. The van der Waals surface area contributed by atoms with Crippen molar-refractivity contribution in [3.8, 4) is 16.9 Å². The van der Waals surface area contributed by atoms with E-state index in [0.717, 1.165) is 11.1 Å². The van der Waals surface area contributed by atoms with E-state index in [-0.39, 0.29) is 12.4 Å². The van der Waals surface area contributed by atoms with Gasteiger partial charge in [0.15, 0.2) is 0 Å². The maximum Gasteiger partial charge on any atom is 0.143 e. The number of hydrogen-bond acceptors (Lipinski definition) is 3. The molecule has 0 aliphatic carbocycles. The van der Waals surface area contributed by atoms with Gasteiger partial charge in [0.2, 0.25) is 0 Å². The van der Waals surface area contributed by atoms with Gasteiger partial charge in [-0.15, -0.1) is 0 Å². The van der Waals surface area contributed by atoms with Crippen LogP contribution in [-0.2, 0) is 6.61 Å². The molecule has 0 spiro atoms. The van der Waals surface area contributed by atoms with Crippen LogP contribution in [0.3, 0.4) is 0 Å². The molecule has 0 aliphatic heterocycles. The Balaban J connectivity index is 2.54. The maximum atomic E-state index is 12.8. The van der Waals surface area contributed by atoms with E-state index in [0.29, 0.717) is 11.3 Å². The van der Waals surface area contributed by atoms with Crippen LogP contribution in [0.5, 0.6) is 5.75 Å². The molecular weight excluding hydrogens is 221 g/mol. The maximum absolute atomic E-state index is 12.8. The highest BCUT2D eigenvalue weighted by molar-refractivity contribution is 5.68. The predicted octanol–water partition coefficient (Wildman–Crippen LogP) is 2.39. The molecule has 1 aromatic heterocycles. The minimum atomic E-state index is -0.296. The number of pyridine rings is 1. The number of benzene rings is 1. The molecule has 0 fully saturated rings. The summed E-state index contributed by atoms with van der Waals surface area (Å²) in [5.74, 6) is 0.226. The zero-order valence-corrected chi connectivity index (χ0v) is 9.35. The van der Waals surface area contributed by atoms with Gasteiger partial charge in [0.25, 0.3) is 0 Å². The topological polar surface area (TPSA) is 42.4 Å². The average molecular weight is 233 g/mol. The van der Waals surface area contributed by atoms with Gasteiger partial charge in [-0.25, -0.2) is 4.39 Å². The SMILES string of the molecule is COc1cncc(-c2ccc(F)cc2)c1CO. The molecule has 1 aromatic carbocycles. The van der Waals surface area contributed by atoms with Gasteiger partial charge in [0, 0.05) is 17.3 Å². The lowest BCUT2D eigenvalue weighted by Crippen LogP contribution is -1.96. The van der Waals surface area contributed by atoms with Gasteiger partial charge < -0.3 is 9.84 Å². The van der Waals surface area contributed by atoms with Gasteiger partial charge >= 0.3 is 0 Å². The number of nitrogens with zero attached hydrogens (tertiary/aromatic N) is 1. The summed E-state index contributed by atoms with van der Waals surface area (Å²) in [5, 5.41) is 9.36. The number of methoxy groups -OCH3 is 1. The van der Waals surface area contributed by atoms with E-state index in [4.69, 9.17) is 4.74 Å². The third-order valence-electron chi connectivity index (χ3n) is 2.55. The van der Waals surface area contributed by atoms with Gasteiger partial charge in [0.05, 0.1) is 19.9 Å². The van der Waals surface area contributed by atoms with Gasteiger partial charge in [-0.1, -0.05) is 12.1 Å². The molecule has 2 rings (SSSR count). The smallest absolute Gasteiger partial charge is 0.143 e. The first-order chi connectivity index (χ1) is 8.26. The number of rotatable bonds is 3. The fraction of sp³-hybridized carbons (Fsp3) is 0.154. The number of aromatic nitrogens is 1. The standard InChI is InChI=1S/C13H12FNO2/c1-17-13-7-15-6-11(12(13)8-16)9-2-4-10(14)5-3-9/h2-7,16H,8H2,1H3. The monoisotopic (exact) mass is 233 g/mol. The van der Waals surface area contributed by atoms with E-state index in [1.807, 2.05) is 0 Å². The fourth-order valence-electron chi connectivity index (χ4n) is 1.69. The van der Waals surface area contributed by atoms with Crippen molar-refractivity contribution in [1.29, 1.82) is 0 Å². The third kappa shape index (κ3) is 2.26. The summed E-state index contributed by atoms with van der Waals surface area (Å²) < 4.78 is 18.0. The van der Waals surface area contributed by atoms with Crippen LogP contribution < -0.4 is 4.74 Å². The van der Waals surface area contributed by atoms with E-state index in [2.05, 4.69) is 4.98 Å². The zero-order chi connectivity index (χ0) is 12.3. The molecular formula is C13H12FNO2. The Morgan fingerprint density at radius 1 is 1.24 bits per heavy atom. The lowest BCUT2D eigenvalue weighted by molar-refractivity contribution is 0.274. The van der Waals surface area contributed by atoms with E-state index >= 15 is 0 Å². The summed E-state index contributed by atoms with van der Waals surface area (Å²) in [6.45, 7) is -0.154. The first-order valence-electron chi connectivity index (χ1n) is 5.14. The van der Waals surface area contributed by atoms with Crippen molar-refractivity contribution in [2.24, 2.45) is 0 Å². The lowest BCUT2D eigenvalue weighted by atomic mass is 10.0. The molecule has 3 nitrogen and oxygen atoms in total. The first kappa shape index (κ1) is 11.5. The van der Waals surface area contributed by atoms with Crippen LogP contribution in [0.4, 0.5) is 4.39 Å². The molecule has 0 amide bonds. The quantitative estimate of drug-likeness (QED) is 0.885. The van der Waals surface area contributed by atoms with Crippen LogP contribution in [0, 0.1) is 5.82 Å². The Kier molecular flexibility index (Phi) is 3.35. The average Bonchev–Trinajstić information content (AvgIpc) is 2.38. The Labute approximate surface area is 98.5 Å². The van der Waals surface area contributed by atoms with Crippen molar-refractivity contribution in [2.75, 3.05) is 7.11 Å². The predicted molar refractivity (Wildman–Crippen MR) is 62.1 cm³/mol. The molecule has 1 heterocycles. The van der Waals surface area contributed by atoms with E-state index < -0.39 is 0 Å². The Bertz CT molecular complexity index is 511. The van der Waals surface area contributed by atoms with Crippen molar-refractivity contribution >= 4 is 0 Å². The Hall–Kier alpha value is -1.94. The number of ether oxygens (including phenoxy) is 1. The minimum Gasteiger partial charge on any atom is -0.495 e. The first-order valence-corrected chi connectivity index (χ1v) is 5.14. The molecule has 0 aliphatic rings. The highest BCUT2D eigenvalue weighted by Crippen LogP contribution is 2.29. The number of aliphatic hydroxyl groups is 1. The number of halogens is 1. The third-order valence-corrected chi connectivity index (χ3v) is 2.55. The van der Waals surface area contributed by atoms with Gasteiger partial charge in [0.1, 0.15) is 11.6 Å². The number of aliphatic hydroxyl groups excluding tert-OH is 1. The molecule has 0 bridgehead atoms. The van der Waals surface area contributed by atoms with Crippen LogP contribution in [0.2, 0.25) is 0 Å². The lowest BCUT2D eigenvalue weighted by Gasteiger charge is -2.11. The number of hydrogen-bond donors (Lipinski definition) is 1. The molecule has 0 radical (unpaired) electrons. The summed E-state index contributed by atoms with van der Waals surface area (Å²) in [4.78, 5) is 4.03. The molecule has 2 aromatic rings. The minimum absolute atomic E-state index is 0.154. The van der Waals surface area contributed by atoms with Crippen LogP contribution in [0.25, 0.3) is 11.1 Å². The summed E-state index contributed by atoms with van der Waals surface area (Å²) in [6.07, 6.45) is 3.17. The van der Waals surface area contributed by atoms with Gasteiger partial charge in [-0.05, 0) is 17.7 Å². The molecule has 17 heavy (non-hydrogen) atoms. The Morgan fingerprint density at radius 2 is 1.94 bits per heavy atom. The largest absolute Gasteiger partial charge is 0.495 e. The molecule has 1 N–H and O–H groups in total. The second-order valence-electron chi connectivity index (χ2n) is 3.53. The van der Waals surface area contributed by atoms with Crippen molar-refractivity contribution in [3.63, 3.8) is 0 Å². The Morgan fingerprint density at radius 3 is 2.53 bits per heavy atom. The summed E-state index contributed by atoms with van der Waals surface area (Å²) in [5.41, 5.74) is 2.18. The van der Waals surface area contributed by atoms with Gasteiger partial charge in [-0.2, -0.15) is 0 Å². The highest BCUT2D eigenvalue weighted by atomic mass is 19.1. The van der Waals surface area contributed by atoms with Gasteiger partial charge in [-0.3, -0.25) is 4.98 Å². The van der Waals surface area contributed by atoms with Crippen molar-refractivity contribution in [1.82, 2.24) is 4.98 Å². The molecule has 88 valence electrons. The molecule has 0 saturated carbocycles. The van der Waals surface area contributed by atoms with Crippen LogP contribution in [0.15, 0.2) is 36.7 Å². The van der Waals surface area contributed by atoms with E-state index in [1.165, 1.54) is 19.2 Å². The van der Waals surface area contributed by atoms with E-state index in [9.17, 15) is 9.50 Å². The van der Waals surface area contributed by atoms with E-state index in [1.54, 1.807) is 24.5 Å². The molecule has 0 saturated heterocycles. The summed E-state index contributed by atoms with van der Waals surface area (Å²) in [7, 11) is 1.52. The highest BCUT2D eigenvalue weighted by Gasteiger charge is 2.10. The zero-order valence-electron chi connectivity index (χ0n) is 9.35. The van der Waals surface area contributed by atoms with Crippen LogP contribution >= 0.6 is 0 Å². The fourth-order valence-corrected chi connectivity index (χ4v) is 1.69. The van der Waals surface area contributed by atoms with Crippen molar-refractivity contribution in [3.05, 3.63) is 48.0 Å². The van der Waals surface area contributed by atoms with Crippen molar-refractivity contribution < 1.29 is 14.2 Å². The normalized spacial score (nSPS) is 10.3. The van der Waals surface area contributed by atoms with Crippen LogP contribution in [0.1, 0.15) is 5.56 Å².